The highest BCUT2D eigenvalue weighted by atomic mass is 16.3. The summed E-state index contributed by atoms with van der Waals surface area (Å²) in [7, 11) is 0. The molecule has 1 amide bonds. The Bertz CT molecular complexity index is 516. The van der Waals surface area contributed by atoms with Gasteiger partial charge in [0.05, 0.1) is 17.6 Å². The van der Waals surface area contributed by atoms with Gasteiger partial charge in [-0.3, -0.25) is 4.79 Å². The van der Waals surface area contributed by atoms with Crippen LogP contribution in [0.25, 0.3) is 0 Å². The average molecular weight is 305 g/mol. The molecule has 0 atom stereocenters. The van der Waals surface area contributed by atoms with Gasteiger partial charge in [0, 0.05) is 12.2 Å². The number of nitrogens with one attached hydrogen (secondary N) is 1. The molecule has 2 aliphatic carbocycles. The molecule has 0 radical (unpaired) electrons. The van der Waals surface area contributed by atoms with Crippen LogP contribution in [0.1, 0.15) is 62.8 Å². The minimum Gasteiger partial charge on any atom is -0.388 e. The molecule has 0 aromatic carbocycles. The van der Waals surface area contributed by atoms with Gasteiger partial charge in [0.15, 0.2) is 0 Å². The SMILES string of the molecule is O=C(Cn1cnc2c1CCCC2)NCC1(O)CCCCCC1. The molecule has 1 heterocycles. The van der Waals surface area contributed by atoms with E-state index in [2.05, 4.69) is 10.3 Å². The molecule has 1 fully saturated rings. The predicted octanol–water partition coefficient (Wildman–Crippen LogP) is 1.96. The summed E-state index contributed by atoms with van der Waals surface area (Å²) in [4.78, 5) is 16.6. The lowest BCUT2D eigenvalue weighted by Crippen LogP contribution is -2.43. The van der Waals surface area contributed by atoms with Crippen molar-refractivity contribution in [2.75, 3.05) is 6.54 Å². The highest BCUT2D eigenvalue weighted by Gasteiger charge is 2.28. The lowest BCUT2D eigenvalue weighted by atomic mass is 9.94. The zero-order chi connectivity index (χ0) is 15.4. The van der Waals surface area contributed by atoms with E-state index >= 15 is 0 Å². The number of aryl methyl sites for hydroxylation is 1. The van der Waals surface area contributed by atoms with Gasteiger partial charge in [0.25, 0.3) is 0 Å². The van der Waals surface area contributed by atoms with Gasteiger partial charge in [-0.25, -0.2) is 4.98 Å². The molecule has 3 rings (SSSR count). The van der Waals surface area contributed by atoms with E-state index in [1.54, 1.807) is 6.33 Å². The van der Waals surface area contributed by atoms with Gasteiger partial charge in [-0.2, -0.15) is 0 Å². The Morgan fingerprint density at radius 3 is 2.68 bits per heavy atom. The van der Waals surface area contributed by atoms with E-state index in [4.69, 9.17) is 0 Å². The number of hydrogen-bond acceptors (Lipinski definition) is 3. The van der Waals surface area contributed by atoms with Crippen molar-refractivity contribution in [1.82, 2.24) is 14.9 Å². The third-order valence-corrected chi connectivity index (χ3v) is 5.07. The fourth-order valence-corrected chi connectivity index (χ4v) is 3.70. The molecule has 1 aromatic rings. The first kappa shape index (κ1) is 15.5. The Kier molecular flexibility index (Phi) is 4.81. The highest BCUT2D eigenvalue weighted by Crippen LogP contribution is 2.26. The molecule has 0 spiro atoms. The highest BCUT2D eigenvalue weighted by molar-refractivity contribution is 5.75. The molecule has 5 heteroatoms. The van der Waals surface area contributed by atoms with Crippen LogP contribution in [0, 0.1) is 0 Å². The second kappa shape index (κ2) is 6.82. The van der Waals surface area contributed by atoms with Crippen LogP contribution in [0.4, 0.5) is 0 Å². The fraction of sp³-hybridized carbons (Fsp3) is 0.765. The second-order valence-electron chi connectivity index (χ2n) is 6.89. The topological polar surface area (TPSA) is 67.2 Å². The predicted molar refractivity (Wildman–Crippen MR) is 84.5 cm³/mol. The molecule has 0 aliphatic heterocycles. The Labute approximate surface area is 132 Å². The second-order valence-corrected chi connectivity index (χ2v) is 6.89. The van der Waals surface area contributed by atoms with E-state index in [1.807, 2.05) is 4.57 Å². The van der Waals surface area contributed by atoms with Gasteiger partial charge in [-0.15, -0.1) is 0 Å². The van der Waals surface area contributed by atoms with Crippen LogP contribution in [-0.2, 0) is 24.2 Å². The van der Waals surface area contributed by atoms with Crippen LogP contribution in [0.15, 0.2) is 6.33 Å². The first-order chi connectivity index (χ1) is 10.7. The minimum absolute atomic E-state index is 0.0246. The number of carbonyl (C=O) groups is 1. The number of imidazole rings is 1. The number of aliphatic hydroxyl groups is 1. The van der Waals surface area contributed by atoms with Crippen molar-refractivity contribution in [2.45, 2.75) is 76.4 Å². The Morgan fingerprint density at radius 2 is 1.91 bits per heavy atom. The van der Waals surface area contributed by atoms with E-state index in [9.17, 15) is 9.90 Å². The summed E-state index contributed by atoms with van der Waals surface area (Å²) in [5, 5.41) is 13.5. The maximum atomic E-state index is 12.2. The summed E-state index contributed by atoms with van der Waals surface area (Å²) in [6.45, 7) is 0.696. The number of nitrogens with zero attached hydrogens (tertiary/aromatic N) is 2. The molecule has 122 valence electrons. The van der Waals surface area contributed by atoms with Crippen LogP contribution in [-0.4, -0.2) is 32.7 Å². The van der Waals surface area contributed by atoms with Gasteiger partial charge in [-0.05, 0) is 38.5 Å². The molecule has 0 saturated heterocycles. The van der Waals surface area contributed by atoms with E-state index in [0.717, 1.165) is 44.2 Å². The van der Waals surface area contributed by atoms with Crippen molar-refractivity contribution in [2.24, 2.45) is 0 Å². The van der Waals surface area contributed by atoms with Gasteiger partial charge in [-0.1, -0.05) is 25.7 Å². The quantitative estimate of drug-likeness (QED) is 0.836. The third kappa shape index (κ3) is 3.69. The van der Waals surface area contributed by atoms with Crippen LogP contribution < -0.4 is 5.32 Å². The molecule has 22 heavy (non-hydrogen) atoms. The number of amides is 1. The van der Waals surface area contributed by atoms with Crippen molar-refractivity contribution < 1.29 is 9.90 Å². The smallest absolute Gasteiger partial charge is 0.240 e. The summed E-state index contributed by atoms with van der Waals surface area (Å²) in [6.07, 6.45) is 12.3. The van der Waals surface area contributed by atoms with Crippen LogP contribution in [0.3, 0.4) is 0 Å². The van der Waals surface area contributed by atoms with Gasteiger partial charge in [0.1, 0.15) is 6.54 Å². The molecule has 2 aliphatic rings. The molecular formula is C17H27N3O2. The molecule has 2 N–H and O–H groups in total. The molecule has 0 unspecified atom stereocenters. The van der Waals surface area contributed by atoms with Crippen molar-refractivity contribution in [3.05, 3.63) is 17.7 Å². The van der Waals surface area contributed by atoms with E-state index < -0.39 is 5.60 Å². The fourth-order valence-electron chi connectivity index (χ4n) is 3.70. The number of fused-ring (bicyclic) bond motifs is 1. The molecule has 1 saturated carbocycles. The first-order valence-corrected chi connectivity index (χ1v) is 8.68. The molecule has 0 bridgehead atoms. The largest absolute Gasteiger partial charge is 0.388 e. The minimum atomic E-state index is -0.708. The molecular weight excluding hydrogens is 278 g/mol. The van der Waals surface area contributed by atoms with Gasteiger partial charge in [0.2, 0.25) is 5.91 Å². The zero-order valence-electron chi connectivity index (χ0n) is 13.3. The van der Waals surface area contributed by atoms with Crippen molar-refractivity contribution in [3.8, 4) is 0 Å². The summed E-state index contributed by atoms with van der Waals surface area (Å²) in [5.74, 6) is -0.0246. The lowest BCUT2D eigenvalue weighted by Gasteiger charge is -2.27. The lowest BCUT2D eigenvalue weighted by molar-refractivity contribution is -0.123. The number of rotatable bonds is 4. The van der Waals surface area contributed by atoms with E-state index in [1.165, 1.54) is 31.4 Å². The average Bonchev–Trinajstić information content (AvgIpc) is 2.79. The maximum Gasteiger partial charge on any atom is 0.240 e. The number of carbonyl (C=O) groups excluding carboxylic acids is 1. The van der Waals surface area contributed by atoms with E-state index in [0.29, 0.717) is 13.1 Å². The van der Waals surface area contributed by atoms with Crippen molar-refractivity contribution in [3.63, 3.8) is 0 Å². The summed E-state index contributed by atoms with van der Waals surface area (Å²) in [6, 6.07) is 0. The Balaban J connectivity index is 1.53. The maximum absolute atomic E-state index is 12.2. The van der Waals surface area contributed by atoms with Crippen molar-refractivity contribution >= 4 is 5.91 Å². The Morgan fingerprint density at radius 1 is 1.18 bits per heavy atom. The number of hydrogen-bond donors (Lipinski definition) is 2. The van der Waals surface area contributed by atoms with Gasteiger partial charge < -0.3 is 15.0 Å². The third-order valence-electron chi connectivity index (χ3n) is 5.07. The van der Waals surface area contributed by atoms with Crippen LogP contribution >= 0.6 is 0 Å². The summed E-state index contributed by atoms with van der Waals surface area (Å²) >= 11 is 0. The zero-order valence-corrected chi connectivity index (χ0v) is 13.3. The summed E-state index contributed by atoms with van der Waals surface area (Å²) < 4.78 is 1.97. The van der Waals surface area contributed by atoms with Gasteiger partial charge >= 0.3 is 0 Å². The summed E-state index contributed by atoms with van der Waals surface area (Å²) in [5.41, 5.74) is 1.66. The standard InChI is InChI=1S/C17H27N3O2/c21-16(18-12-17(22)9-5-1-2-6-10-17)11-20-13-19-14-7-3-4-8-15(14)20/h13,22H,1-12H2,(H,18,21). The van der Waals surface area contributed by atoms with E-state index in [-0.39, 0.29) is 5.91 Å². The normalized spacial score (nSPS) is 21.0. The van der Waals surface area contributed by atoms with Crippen LogP contribution in [0.2, 0.25) is 0 Å². The number of aromatic nitrogens is 2. The first-order valence-electron chi connectivity index (χ1n) is 8.68. The Hall–Kier alpha value is -1.36. The van der Waals surface area contributed by atoms with Crippen LogP contribution in [0.5, 0.6) is 0 Å². The molecule has 5 nitrogen and oxygen atoms in total. The molecule has 1 aromatic heterocycles. The van der Waals surface area contributed by atoms with Crippen molar-refractivity contribution in [1.29, 1.82) is 0 Å². The monoisotopic (exact) mass is 305 g/mol.